The van der Waals surface area contributed by atoms with E-state index in [9.17, 15) is 4.79 Å². The molecule has 0 radical (unpaired) electrons. The van der Waals surface area contributed by atoms with Crippen molar-refractivity contribution in [3.8, 4) is 0 Å². The molecule has 0 spiro atoms. The topological polar surface area (TPSA) is 23.6 Å². The molecule has 1 aliphatic rings. The van der Waals surface area contributed by atoms with E-state index in [1.165, 1.54) is 6.42 Å². The molecule has 0 saturated carbocycles. The average molecular weight is 435 g/mol. The van der Waals surface area contributed by atoms with Crippen LogP contribution < -0.4 is 0 Å². The third kappa shape index (κ3) is 4.78. The summed E-state index contributed by atoms with van der Waals surface area (Å²) >= 11 is 0. The second-order valence-electron chi connectivity index (χ2n) is 10.9. The zero-order valence-corrected chi connectivity index (χ0v) is 21.1. The van der Waals surface area contributed by atoms with E-state index in [2.05, 4.69) is 107 Å². The number of carbonyl (C=O) groups is 1. The molecule has 174 valence electrons. The van der Waals surface area contributed by atoms with Crippen LogP contribution in [0.15, 0.2) is 60.7 Å². The lowest BCUT2D eigenvalue weighted by atomic mass is 9.70. The van der Waals surface area contributed by atoms with Crippen molar-refractivity contribution in [2.45, 2.75) is 84.3 Å². The molecule has 2 aromatic rings. The van der Waals surface area contributed by atoms with Gasteiger partial charge in [-0.15, -0.1) is 0 Å². The van der Waals surface area contributed by atoms with Gasteiger partial charge in [0.2, 0.25) is 5.91 Å². The fourth-order valence-corrected chi connectivity index (χ4v) is 5.91. The van der Waals surface area contributed by atoms with Gasteiger partial charge >= 0.3 is 0 Å². The highest BCUT2D eigenvalue weighted by atomic mass is 16.2. The molecular weight excluding hydrogens is 392 g/mol. The smallest absolute Gasteiger partial charge is 0.238 e. The molecule has 1 amide bonds. The van der Waals surface area contributed by atoms with Crippen LogP contribution in [0.4, 0.5) is 0 Å². The molecule has 32 heavy (non-hydrogen) atoms. The summed E-state index contributed by atoms with van der Waals surface area (Å²) in [5.41, 5.74) is 1.64. The maximum absolute atomic E-state index is 14.6. The Morgan fingerprint density at radius 3 is 1.81 bits per heavy atom. The van der Waals surface area contributed by atoms with Crippen LogP contribution in [0, 0.1) is 5.92 Å². The summed E-state index contributed by atoms with van der Waals surface area (Å²) in [6.07, 6.45) is 1.97. The Kier molecular flexibility index (Phi) is 7.50. The number of benzene rings is 2. The summed E-state index contributed by atoms with van der Waals surface area (Å²) < 4.78 is 0. The summed E-state index contributed by atoms with van der Waals surface area (Å²) in [5, 5.41) is 0. The van der Waals surface area contributed by atoms with Gasteiger partial charge in [-0.05, 0) is 71.4 Å². The number of hydrogen-bond donors (Lipinski definition) is 0. The first-order chi connectivity index (χ1) is 15.1. The Labute approximate surface area is 195 Å². The van der Waals surface area contributed by atoms with Crippen molar-refractivity contribution in [1.29, 1.82) is 0 Å². The van der Waals surface area contributed by atoms with Crippen LogP contribution in [0.5, 0.6) is 0 Å². The molecule has 3 nitrogen and oxygen atoms in total. The number of rotatable bonds is 8. The molecular formula is C29H42N2O. The minimum Gasteiger partial charge on any atom is -0.337 e. The third-order valence-electron chi connectivity index (χ3n) is 7.24. The molecule has 1 unspecified atom stereocenters. The number of nitrogens with zero attached hydrogens (tertiary/aromatic N) is 2. The van der Waals surface area contributed by atoms with Crippen molar-refractivity contribution >= 4 is 5.91 Å². The van der Waals surface area contributed by atoms with Crippen molar-refractivity contribution in [1.82, 2.24) is 9.80 Å². The Bertz CT molecular complexity index is 825. The van der Waals surface area contributed by atoms with Crippen LogP contribution in [0.2, 0.25) is 0 Å². The fraction of sp³-hybridized carbons (Fsp3) is 0.552. The zero-order chi connectivity index (χ0) is 23.5. The molecule has 3 rings (SSSR count). The van der Waals surface area contributed by atoms with Gasteiger partial charge in [0.15, 0.2) is 0 Å². The lowest BCUT2D eigenvalue weighted by molar-refractivity contribution is -0.140. The quantitative estimate of drug-likeness (QED) is 0.499. The van der Waals surface area contributed by atoms with E-state index >= 15 is 0 Å². The summed E-state index contributed by atoms with van der Waals surface area (Å²) in [7, 11) is 0. The maximum atomic E-state index is 14.6. The Morgan fingerprint density at radius 1 is 0.969 bits per heavy atom. The highest BCUT2D eigenvalue weighted by molar-refractivity contribution is 5.92. The van der Waals surface area contributed by atoms with Crippen molar-refractivity contribution < 1.29 is 4.79 Å². The molecule has 3 heteroatoms. The first kappa shape index (κ1) is 24.5. The highest BCUT2D eigenvalue weighted by Gasteiger charge is 2.47. The molecule has 1 atom stereocenters. The van der Waals surface area contributed by atoms with Gasteiger partial charge in [-0.3, -0.25) is 9.69 Å². The van der Waals surface area contributed by atoms with Gasteiger partial charge in [-0.1, -0.05) is 67.6 Å². The van der Waals surface area contributed by atoms with Crippen LogP contribution in [-0.4, -0.2) is 46.4 Å². The lowest BCUT2D eigenvalue weighted by Gasteiger charge is -2.43. The molecule has 0 aliphatic carbocycles. The van der Waals surface area contributed by atoms with E-state index in [0.29, 0.717) is 5.92 Å². The lowest BCUT2D eigenvalue weighted by Crippen LogP contribution is -2.54. The number of carbonyl (C=O) groups excluding carboxylic acids is 1. The van der Waals surface area contributed by atoms with Crippen LogP contribution in [0.25, 0.3) is 0 Å². The Hall–Kier alpha value is -2.13. The summed E-state index contributed by atoms with van der Waals surface area (Å²) in [6, 6.07) is 21.2. The molecule has 1 fully saturated rings. The van der Waals surface area contributed by atoms with E-state index in [1.807, 2.05) is 12.1 Å². The van der Waals surface area contributed by atoms with Crippen LogP contribution in [-0.2, 0) is 10.2 Å². The summed E-state index contributed by atoms with van der Waals surface area (Å²) in [6.45, 7) is 17.5. The van der Waals surface area contributed by atoms with Gasteiger partial charge in [0.05, 0.1) is 0 Å². The van der Waals surface area contributed by atoms with Crippen molar-refractivity contribution in [3.05, 3.63) is 71.8 Å². The second-order valence-corrected chi connectivity index (χ2v) is 10.9. The van der Waals surface area contributed by atoms with E-state index in [1.54, 1.807) is 0 Å². The number of hydrogen-bond acceptors (Lipinski definition) is 2. The number of likely N-dealkylation sites (tertiary alicyclic amines) is 1. The van der Waals surface area contributed by atoms with Crippen molar-refractivity contribution in [2.24, 2.45) is 5.92 Å². The van der Waals surface area contributed by atoms with E-state index in [0.717, 1.165) is 30.6 Å². The van der Waals surface area contributed by atoms with Gasteiger partial charge in [-0.2, -0.15) is 0 Å². The Morgan fingerprint density at radius 2 is 1.44 bits per heavy atom. The normalized spacial score (nSPS) is 19.0. The van der Waals surface area contributed by atoms with Gasteiger partial charge in [0.1, 0.15) is 5.41 Å². The highest BCUT2D eigenvalue weighted by Crippen LogP contribution is 2.41. The van der Waals surface area contributed by atoms with Crippen LogP contribution in [0.1, 0.15) is 72.4 Å². The predicted octanol–water partition coefficient (Wildman–Crippen LogP) is 6.13. The summed E-state index contributed by atoms with van der Waals surface area (Å²) in [5.74, 6) is 0.899. The van der Waals surface area contributed by atoms with Crippen LogP contribution >= 0.6 is 0 Å². The molecule has 1 saturated heterocycles. The molecule has 1 heterocycles. The largest absolute Gasteiger partial charge is 0.337 e. The van der Waals surface area contributed by atoms with Crippen molar-refractivity contribution in [2.75, 3.05) is 13.1 Å². The molecule has 0 bridgehead atoms. The standard InChI is InChI=1S/C29H42N2O/c1-22(2)31(23(3)4)27(32)29(25-14-10-8-11-15-25,26-16-12-9-13-17-26)18-19-30-21-24(5)20-28(30,6)7/h8-17,22-24H,18-21H2,1-7H3. The molecule has 0 aromatic heterocycles. The SMILES string of the molecule is CC1CN(CCC(C(=O)N(C(C)C)C(C)C)(c2ccccc2)c2ccccc2)C(C)(C)C1. The van der Waals surface area contributed by atoms with Gasteiger partial charge in [0, 0.05) is 30.7 Å². The van der Waals surface area contributed by atoms with Crippen LogP contribution in [0.3, 0.4) is 0 Å². The summed E-state index contributed by atoms with van der Waals surface area (Å²) in [4.78, 5) is 19.3. The maximum Gasteiger partial charge on any atom is 0.238 e. The molecule has 2 aromatic carbocycles. The Balaban J connectivity index is 2.15. The second kappa shape index (κ2) is 9.79. The van der Waals surface area contributed by atoms with E-state index < -0.39 is 5.41 Å². The van der Waals surface area contributed by atoms with Gasteiger partial charge < -0.3 is 4.90 Å². The van der Waals surface area contributed by atoms with Gasteiger partial charge in [0.25, 0.3) is 0 Å². The third-order valence-corrected chi connectivity index (χ3v) is 7.24. The predicted molar refractivity (Wildman–Crippen MR) is 135 cm³/mol. The fourth-order valence-electron chi connectivity index (χ4n) is 5.91. The van der Waals surface area contributed by atoms with Gasteiger partial charge in [-0.25, -0.2) is 0 Å². The minimum atomic E-state index is -0.709. The molecule has 1 aliphatic heterocycles. The minimum absolute atomic E-state index is 0.137. The zero-order valence-electron chi connectivity index (χ0n) is 21.1. The van der Waals surface area contributed by atoms with E-state index in [-0.39, 0.29) is 23.5 Å². The van der Waals surface area contributed by atoms with E-state index in [4.69, 9.17) is 0 Å². The molecule has 0 N–H and O–H groups in total. The number of amides is 1. The first-order valence-electron chi connectivity index (χ1n) is 12.3. The average Bonchev–Trinajstić information content (AvgIpc) is 3.00. The first-order valence-corrected chi connectivity index (χ1v) is 12.3. The van der Waals surface area contributed by atoms with Crippen molar-refractivity contribution in [3.63, 3.8) is 0 Å². The monoisotopic (exact) mass is 434 g/mol.